The number of unbranched alkanes of at least 4 members (excludes halogenated alkanes) is 12. The first kappa shape index (κ1) is 69.8. The Bertz CT molecular complexity index is 1440. The Morgan fingerprint density at radius 2 is 0.986 bits per heavy atom. The van der Waals surface area contributed by atoms with Crippen LogP contribution >= 0.6 is 0 Å². The highest BCUT2D eigenvalue weighted by molar-refractivity contribution is 4.92. The van der Waals surface area contributed by atoms with E-state index in [9.17, 15) is 5.11 Å². The van der Waals surface area contributed by atoms with E-state index in [-0.39, 0.29) is 47.0 Å². The van der Waals surface area contributed by atoms with Crippen LogP contribution in [0, 0.1) is 5.41 Å². The summed E-state index contributed by atoms with van der Waals surface area (Å²) in [5.41, 5.74) is 17.0. The summed E-state index contributed by atoms with van der Waals surface area (Å²) < 4.78 is 27.4. The number of nitrogens with two attached hydrogens (primary N) is 3. The fourth-order valence-corrected chi connectivity index (χ4v) is 12.1. The number of ether oxygens (including phenoxy) is 4. The van der Waals surface area contributed by atoms with Crippen molar-refractivity contribution in [1.82, 2.24) is 0 Å². The van der Waals surface area contributed by atoms with E-state index < -0.39 is 17.2 Å². The van der Waals surface area contributed by atoms with Crippen molar-refractivity contribution in [3.8, 4) is 0 Å². The number of aliphatic hydroxyl groups excluding tert-OH is 1. The summed E-state index contributed by atoms with van der Waals surface area (Å²) in [6.45, 7) is 50.0. The zero-order chi connectivity index (χ0) is 54.7. The van der Waals surface area contributed by atoms with E-state index in [1.54, 1.807) is 7.11 Å². The Labute approximate surface area is 442 Å². The summed E-state index contributed by atoms with van der Waals surface area (Å²) in [4.78, 5) is 0. The average molecular weight is 1010 g/mol. The summed E-state index contributed by atoms with van der Waals surface area (Å²) in [7, 11) is 1.74. The second-order valence-corrected chi connectivity index (χ2v) is 25.5. The molecule has 0 bridgehead atoms. The maximum Gasteiger partial charge on any atom is 0.130 e. The Balaban J connectivity index is 7.17. The molecule has 8 atom stereocenters. The SMILES string of the molecule is C=CC[N+](CCCCCCCC/C=C/CCCCCCCC)(CC[N+](CC=C)(C(C)(C)CC(C)OC(C)(N)CCCO)C(C)(C)CC(C)OC(C)(N)C(C)(C)CCOC)C(C)(C)CC(C)OC(C)(N)CC. The molecule has 10 heteroatoms. The largest absolute Gasteiger partial charge is 0.396 e. The fraction of sp³-hybridized carbons (Fsp3) is 0.902. The second-order valence-electron chi connectivity index (χ2n) is 25.5. The maximum atomic E-state index is 9.66. The molecule has 0 fully saturated rings. The Hall–Kier alpha value is -1.18. The third-order valence-corrected chi connectivity index (χ3v) is 17.1. The molecule has 0 radical (unpaired) electrons. The van der Waals surface area contributed by atoms with Crippen molar-refractivity contribution in [3.63, 3.8) is 0 Å². The van der Waals surface area contributed by atoms with Crippen LogP contribution < -0.4 is 17.2 Å². The molecule has 0 aliphatic carbocycles. The summed E-state index contributed by atoms with van der Waals surface area (Å²) in [5, 5.41) is 9.66. The lowest BCUT2D eigenvalue weighted by Crippen LogP contribution is -2.76. The van der Waals surface area contributed by atoms with Gasteiger partial charge in [0.25, 0.3) is 0 Å². The minimum atomic E-state index is -0.882. The van der Waals surface area contributed by atoms with Crippen LogP contribution in [0.2, 0.25) is 0 Å². The summed E-state index contributed by atoms with van der Waals surface area (Å²) in [5.74, 6) is 0. The van der Waals surface area contributed by atoms with Crippen LogP contribution in [0.3, 0.4) is 0 Å². The van der Waals surface area contributed by atoms with Gasteiger partial charge in [-0.2, -0.15) is 0 Å². The van der Waals surface area contributed by atoms with Gasteiger partial charge in [-0.25, -0.2) is 0 Å². The van der Waals surface area contributed by atoms with Crippen LogP contribution in [0.25, 0.3) is 0 Å². The zero-order valence-electron chi connectivity index (χ0n) is 50.5. The van der Waals surface area contributed by atoms with Crippen LogP contribution in [0.5, 0.6) is 0 Å². The lowest BCUT2D eigenvalue weighted by Gasteiger charge is -2.61. The summed E-state index contributed by atoms with van der Waals surface area (Å²) in [6, 6.07) is 0. The number of quaternary nitrogens is 2. The lowest BCUT2D eigenvalue weighted by molar-refractivity contribution is -1.04. The topological polar surface area (TPSA) is 135 Å². The number of methoxy groups -OCH3 is 1. The molecule has 0 aliphatic heterocycles. The average Bonchev–Trinajstić information content (AvgIpc) is 3.24. The van der Waals surface area contributed by atoms with Crippen LogP contribution in [-0.4, -0.2) is 119 Å². The van der Waals surface area contributed by atoms with E-state index >= 15 is 0 Å². The van der Waals surface area contributed by atoms with Crippen molar-refractivity contribution in [2.24, 2.45) is 22.6 Å². The smallest absolute Gasteiger partial charge is 0.130 e. The molecule has 0 saturated heterocycles. The van der Waals surface area contributed by atoms with E-state index in [1.165, 1.54) is 83.5 Å². The highest BCUT2D eigenvalue weighted by Gasteiger charge is 2.57. The van der Waals surface area contributed by atoms with Crippen LogP contribution in [0.4, 0.5) is 0 Å². The van der Waals surface area contributed by atoms with Gasteiger partial charge >= 0.3 is 0 Å². The number of hydrogen-bond donors (Lipinski definition) is 4. The summed E-state index contributed by atoms with van der Waals surface area (Å²) >= 11 is 0. The number of aliphatic hydroxyl groups is 1. The minimum Gasteiger partial charge on any atom is -0.396 e. The molecular weight excluding hydrogens is 883 g/mol. The molecule has 7 N–H and O–H groups in total. The van der Waals surface area contributed by atoms with Gasteiger partial charge in [-0.3, -0.25) is 0 Å². The standard InChI is InChI=1S/C61H125N5O5/c1-20-24-25-26-27-28-29-30-31-32-33-34-35-36-37-38-44-65(42-21-2,56(10,11)49-52(5)69-59(16,62)23-4)45-46-66(43-22-3,57(12,13)50-53(6)70-60(17,63)40-39-47-67)58(14,15)51-54(7)71-61(18,64)55(8,9)41-48-68-19/h21-22,30-31,52-54,67H,2-3,20,23-29,32-51,62-64H2,1,4-19H3/q+2/b31-30+. The first-order valence-electron chi connectivity index (χ1n) is 29.0. The van der Waals surface area contributed by atoms with Crippen molar-refractivity contribution in [1.29, 1.82) is 0 Å². The first-order valence-corrected chi connectivity index (χ1v) is 29.0. The Morgan fingerprint density at radius 3 is 1.45 bits per heavy atom. The predicted octanol–water partition coefficient (Wildman–Crippen LogP) is 14.0. The molecule has 0 aromatic rings. The second kappa shape index (κ2) is 33.1. The monoisotopic (exact) mass is 1010 g/mol. The molecule has 0 aromatic carbocycles. The van der Waals surface area contributed by atoms with E-state index in [4.69, 9.17) is 36.1 Å². The van der Waals surface area contributed by atoms with Crippen LogP contribution in [0.15, 0.2) is 37.5 Å². The van der Waals surface area contributed by atoms with Crippen molar-refractivity contribution >= 4 is 0 Å². The fourth-order valence-electron chi connectivity index (χ4n) is 12.1. The predicted molar refractivity (Wildman–Crippen MR) is 307 cm³/mol. The molecule has 0 aromatic heterocycles. The first-order chi connectivity index (χ1) is 32.9. The third kappa shape index (κ3) is 24.6. The molecule has 8 unspecified atom stereocenters. The number of allylic oxidation sites excluding steroid dienone is 2. The molecule has 10 nitrogen and oxygen atoms in total. The van der Waals surface area contributed by atoms with Gasteiger partial charge < -0.3 is 50.2 Å². The van der Waals surface area contributed by atoms with E-state index in [1.807, 2.05) is 20.8 Å². The van der Waals surface area contributed by atoms with Gasteiger partial charge in [-0.1, -0.05) is 104 Å². The van der Waals surface area contributed by atoms with Crippen molar-refractivity contribution in [2.75, 3.05) is 53.0 Å². The molecular formula is C61H125N5O5+2. The molecule has 0 saturated carbocycles. The molecule has 0 spiro atoms. The van der Waals surface area contributed by atoms with Gasteiger partial charge in [0.2, 0.25) is 0 Å². The van der Waals surface area contributed by atoms with Crippen molar-refractivity contribution in [2.45, 2.75) is 298 Å². The van der Waals surface area contributed by atoms with Gasteiger partial charge in [-0.15, -0.1) is 0 Å². The molecule has 0 aliphatic rings. The summed E-state index contributed by atoms with van der Waals surface area (Å²) in [6.07, 6.45) is 32.0. The van der Waals surface area contributed by atoms with E-state index in [0.29, 0.717) is 19.4 Å². The highest BCUT2D eigenvalue weighted by atomic mass is 16.5. The number of hydrogen-bond acceptors (Lipinski definition) is 8. The molecule has 71 heavy (non-hydrogen) atoms. The van der Waals surface area contributed by atoms with E-state index in [2.05, 4.69) is 127 Å². The number of rotatable bonds is 46. The van der Waals surface area contributed by atoms with Gasteiger partial charge in [0.1, 0.15) is 30.3 Å². The zero-order valence-corrected chi connectivity index (χ0v) is 50.5. The van der Waals surface area contributed by atoms with Gasteiger partial charge in [0.15, 0.2) is 0 Å². The van der Waals surface area contributed by atoms with Crippen molar-refractivity contribution in [3.05, 3.63) is 37.5 Å². The van der Waals surface area contributed by atoms with Gasteiger partial charge in [-0.05, 0) is 159 Å². The number of nitrogens with zero attached hydrogens (tertiary/aromatic N) is 2. The minimum absolute atomic E-state index is 0.0338. The maximum absolute atomic E-state index is 9.66. The van der Waals surface area contributed by atoms with Crippen molar-refractivity contribution < 1.29 is 33.0 Å². The van der Waals surface area contributed by atoms with Crippen LogP contribution in [-0.2, 0) is 18.9 Å². The normalized spacial score (nSPS) is 18.8. The van der Waals surface area contributed by atoms with E-state index in [0.717, 1.165) is 80.2 Å². The van der Waals surface area contributed by atoms with Gasteiger partial charge in [0.05, 0.1) is 54.6 Å². The molecule has 0 heterocycles. The Morgan fingerprint density at radius 1 is 0.535 bits per heavy atom. The van der Waals surface area contributed by atoms with Crippen LogP contribution in [0.1, 0.15) is 246 Å². The van der Waals surface area contributed by atoms with Gasteiger partial charge in [0, 0.05) is 45.0 Å². The highest BCUT2D eigenvalue weighted by Crippen LogP contribution is 2.45. The molecule has 0 rings (SSSR count). The quantitative estimate of drug-likeness (QED) is 0.0205. The third-order valence-electron chi connectivity index (χ3n) is 17.1. The molecule has 0 amide bonds. The molecule has 422 valence electrons. The lowest BCUT2D eigenvalue weighted by atomic mass is 9.78. The Kier molecular flexibility index (Phi) is 32.5.